The lowest BCUT2D eigenvalue weighted by Gasteiger charge is -2.09. The third-order valence-corrected chi connectivity index (χ3v) is 1.56. The molecule has 10 heavy (non-hydrogen) atoms. The molecule has 0 saturated carbocycles. The average molecular weight is 141 g/mol. The number of rotatable bonds is 5. The Balaban J connectivity index is 3.45. The van der Waals surface area contributed by atoms with Crippen molar-refractivity contribution in [2.24, 2.45) is 17.0 Å². The van der Waals surface area contributed by atoms with Crippen molar-refractivity contribution in [3.8, 4) is 0 Å². The van der Waals surface area contributed by atoms with E-state index in [1.54, 1.807) is 0 Å². The highest BCUT2D eigenvalue weighted by molar-refractivity contribution is 4.76. The highest BCUT2D eigenvalue weighted by Crippen LogP contribution is 2.12. The Bertz CT molecular complexity index is 112. The van der Waals surface area contributed by atoms with Crippen molar-refractivity contribution < 1.29 is 0 Å². The summed E-state index contributed by atoms with van der Waals surface area (Å²) < 4.78 is 0. The zero-order valence-corrected chi connectivity index (χ0v) is 6.71. The molecular formula is C8H15NO. The number of hydrogen-bond acceptors (Lipinski definition) is 2. The summed E-state index contributed by atoms with van der Waals surface area (Å²) >= 11 is 0. The average Bonchev–Trinajstić information content (AvgIpc) is 1.88. The summed E-state index contributed by atoms with van der Waals surface area (Å²) in [6.07, 6.45) is 2.91. The Hall–Kier alpha value is -0.660. The summed E-state index contributed by atoms with van der Waals surface area (Å²) in [6, 6.07) is 0. The molecule has 58 valence electrons. The van der Waals surface area contributed by atoms with Gasteiger partial charge in [-0.1, -0.05) is 25.1 Å². The van der Waals surface area contributed by atoms with Crippen LogP contribution in [0.4, 0.5) is 0 Å². The van der Waals surface area contributed by atoms with Crippen LogP contribution in [0.2, 0.25) is 0 Å². The van der Waals surface area contributed by atoms with E-state index >= 15 is 0 Å². The van der Waals surface area contributed by atoms with Crippen molar-refractivity contribution >= 4 is 0 Å². The minimum atomic E-state index is 0.394. The molecule has 0 unspecified atom stereocenters. The van der Waals surface area contributed by atoms with Crippen molar-refractivity contribution in [2.45, 2.75) is 20.3 Å². The second-order valence-corrected chi connectivity index (χ2v) is 2.87. The quantitative estimate of drug-likeness (QED) is 0.427. The molecular weight excluding hydrogens is 126 g/mol. The van der Waals surface area contributed by atoms with Crippen LogP contribution in [0.5, 0.6) is 0 Å². The highest BCUT2D eigenvalue weighted by Gasteiger charge is 2.04. The van der Waals surface area contributed by atoms with Gasteiger partial charge in [-0.05, 0) is 18.3 Å². The third-order valence-electron chi connectivity index (χ3n) is 1.56. The van der Waals surface area contributed by atoms with Crippen LogP contribution < -0.4 is 0 Å². The fourth-order valence-electron chi connectivity index (χ4n) is 0.933. The smallest absolute Gasteiger partial charge is 0.0836 e. The van der Waals surface area contributed by atoms with Gasteiger partial charge < -0.3 is 0 Å². The van der Waals surface area contributed by atoms with Crippen molar-refractivity contribution in [3.63, 3.8) is 0 Å². The first-order valence-corrected chi connectivity index (χ1v) is 3.62. The molecule has 0 aromatic heterocycles. The number of hydrogen-bond donors (Lipinski definition) is 0. The topological polar surface area (TPSA) is 29.4 Å². The Labute approximate surface area is 62.3 Å². The van der Waals surface area contributed by atoms with Crippen molar-refractivity contribution in [1.82, 2.24) is 0 Å². The molecule has 0 radical (unpaired) electrons. The van der Waals surface area contributed by atoms with Gasteiger partial charge in [-0.2, -0.15) is 4.91 Å². The predicted molar refractivity (Wildman–Crippen MR) is 43.8 cm³/mol. The molecule has 0 heterocycles. The van der Waals surface area contributed by atoms with Crippen molar-refractivity contribution in [3.05, 3.63) is 17.6 Å². The van der Waals surface area contributed by atoms with Gasteiger partial charge in [0.1, 0.15) is 0 Å². The monoisotopic (exact) mass is 141 g/mol. The van der Waals surface area contributed by atoms with Crippen LogP contribution in [0.1, 0.15) is 20.3 Å². The fraction of sp³-hybridized carbons (Fsp3) is 0.750. The van der Waals surface area contributed by atoms with Crippen molar-refractivity contribution in [1.29, 1.82) is 0 Å². The first-order valence-electron chi connectivity index (χ1n) is 3.62. The lowest BCUT2D eigenvalue weighted by Crippen LogP contribution is -2.03. The lowest BCUT2D eigenvalue weighted by atomic mass is 9.98. The van der Waals surface area contributed by atoms with Crippen LogP contribution in [-0.4, -0.2) is 6.54 Å². The molecule has 0 spiro atoms. The number of allylic oxidation sites excluding steroid dienone is 1. The van der Waals surface area contributed by atoms with Crippen LogP contribution in [0.25, 0.3) is 0 Å². The molecule has 0 fully saturated rings. The van der Waals surface area contributed by atoms with Crippen molar-refractivity contribution in [2.75, 3.05) is 6.54 Å². The summed E-state index contributed by atoms with van der Waals surface area (Å²) in [5, 5.41) is 2.84. The molecule has 0 aliphatic heterocycles. The number of nitrogens with zero attached hydrogens (tertiary/aromatic N) is 1. The summed E-state index contributed by atoms with van der Waals surface area (Å²) in [6.45, 7) is 8.21. The molecule has 0 N–H and O–H groups in total. The lowest BCUT2D eigenvalue weighted by molar-refractivity contribution is 0.476. The molecule has 0 aromatic rings. The van der Waals surface area contributed by atoms with Gasteiger partial charge >= 0.3 is 0 Å². The minimum Gasteiger partial charge on any atom is -0.151 e. The van der Waals surface area contributed by atoms with Gasteiger partial charge in [0.2, 0.25) is 0 Å². The Kier molecular flexibility index (Phi) is 4.81. The van der Waals surface area contributed by atoms with Gasteiger partial charge in [-0.3, -0.25) is 0 Å². The molecule has 2 nitrogen and oxygen atoms in total. The molecule has 0 saturated heterocycles. The van der Waals surface area contributed by atoms with E-state index in [0.29, 0.717) is 18.4 Å². The van der Waals surface area contributed by atoms with Gasteiger partial charge in [-0.15, -0.1) is 6.58 Å². The molecule has 0 bridgehead atoms. The van der Waals surface area contributed by atoms with Crippen LogP contribution in [0.3, 0.4) is 0 Å². The standard InChI is InChI=1S/C8H15NO/c1-4-7(2)5-8(3)6-9-10/h4,7-8H,1,5-6H2,2-3H3/t7-,8-/m0/s1. The third kappa shape index (κ3) is 4.24. The Morgan fingerprint density at radius 3 is 2.60 bits per heavy atom. The summed E-state index contributed by atoms with van der Waals surface area (Å²) in [5.74, 6) is 0.891. The fourth-order valence-corrected chi connectivity index (χ4v) is 0.933. The van der Waals surface area contributed by atoms with Gasteiger partial charge in [0.15, 0.2) is 0 Å². The molecule has 0 amide bonds. The van der Waals surface area contributed by atoms with E-state index in [1.807, 2.05) is 13.0 Å². The molecule has 0 rings (SSSR count). The zero-order chi connectivity index (χ0) is 7.98. The Morgan fingerprint density at radius 2 is 2.20 bits per heavy atom. The summed E-state index contributed by atoms with van der Waals surface area (Å²) in [7, 11) is 0. The maximum Gasteiger partial charge on any atom is 0.0836 e. The van der Waals surface area contributed by atoms with Crippen LogP contribution in [0.15, 0.2) is 17.8 Å². The summed E-state index contributed by atoms with van der Waals surface area (Å²) in [4.78, 5) is 9.81. The first kappa shape index (κ1) is 9.34. The van der Waals surface area contributed by atoms with E-state index in [0.717, 1.165) is 6.42 Å². The first-order chi connectivity index (χ1) is 4.70. The van der Waals surface area contributed by atoms with Gasteiger partial charge in [0.25, 0.3) is 0 Å². The molecule has 0 aliphatic rings. The maximum atomic E-state index is 9.81. The van der Waals surface area contributed by atoms with E-state index in [1.165, 1.54) is 0 Å². The van der Waals surface area contributed by atoms with E-state index < -0.39 is 0 Å². The SMILES string of the molecule is C=C[C@H](C)C[C@H](C)CN=O. The van der Waals surface area contributed by atoms with E-state index in [2.05, 4.69) is 18.7 Å². The molecule has 0 aromatic carbocycles. The second kappa shape index (κ2) is 5.15. The minimum absolute atomic E-state index is 0.394. The van der Waals surface area contributed by atoms with Crippen LogP contribution >= 0.6 is 0 Å². The van der Waals surface area contributed by atoms with Gasteiger partial charge in [-0.25, -0.2) is 0 Å². The number of nitroso groups, excluding NO2 is 1. The molecule has 2 heteroatoms. The van der Waals surface area contributed by atoms with Gasteiger partial charge in [0.05, 0.1) is 6.54 Å². The predicted octanol–water partition coefficient (Wildman–Crippen LogP) is 2.60. The van der Waals surface area contributed by atoms with E-state index in [4.69, 9.17) is 0 Å². The molecule has 2 atom stereocenters. The zero-order valence-electron chi connectivity index (χ0n) is 6.71. The largest absolute Gasteiger partial charge is 0.151 e. The maximum absolute atomic E-state index is 9.81. The highest BCUT2D eigenvalue weighted by atomic mass is 16.3. The van der Waals surface area contributed by atoms with E-state index in [-0.39, 0.29) is 0 Å². The normalized spacial score (nSPS) is 15.8. The molecule has 0 aliphatic carbocycles. The summed E-state index contributed by atoms with van der Waals surface area (Å²) in [5.41, 5.74) is 0. The van der Waals surface area contributed by atoms with Crippen LogP contribution in [-0.2, 0) is 0 Å². The van der Waals surface area contributed by atoms with Gasteiger partial charge in [0, 0.05) is 0 Å². The van der Waals surface area contributed by atoms with Crippen LogP contribution in [0, 0.1) is 16.7 Å². The Morgan fingerprint density at radius 1 is 1.60 bits per heavy atom. The second-order valence-electron chi connectivity index (χ2n) is 2.87. The van der Waals surface area contributed by atoms with E-state index in [9.17, 15) is 4.91 Å².